The van der Waals surface area contributed by atoms with Crippen molar-refractivity contribution in [2.24, 2.45) is 0 Å². The van der Waals surface area contributed by atoms with Crippen molar-refractivity contribution in [3.05, 3.63) is 41.5 Å². The van der Waals surface area contributed by atoms with Crippen LogP contribution in [0.4, 0.5) is 0 Å². The number of benzene rings is 1. The van der Waals surface area contributed by atoms with Gasteiger partial charge >= 0.3 is 0 Å². The molecule has 1 aliphatic rings. The number of hydrogen-bond donors (Lipinski definition) is 0. The Bertz CT molecular complexity index is 467. The second-order valence-corrected chi connectivity index (χ2v) is 5.63. The largest absolute Gasteiger partial charge is 0.223 e. The molecule has 0 saturated carbocycles. The summed E-state index contributed by atoms with van der Waals surface area (Å²) in [5.74, 6) is 0.191. The lowest BCUT2D eigenvalue weighted by molar-refractivity contribution is 0.598. The predicted molar refractivity (Wildman–Crippen MR) is 55.9 cm³/mol. The van der Waals surface area contributed by atoms with E-state index in [0.717, 1.165) is 17.6 Å². The topological polar surface area (TPSA) is 34.1 Å². The third kappa shape index (κ3) is 2.04. The van der Waals surface area contributed by atoms with E-state index in [1.165, 1.54) is 0 Å². The van der Waals surface area contributed by atoms with Crippen LogP contribution in [0.3, 0.4) is 0 Å². The lowest BCUT2D eigenvalue weighted by atomic mass is 10.2. The van der Waals surface area contributed by atoms with E-state index < -0.39 is 9.84 Å². The Kier molecular flexibility index (Phi) is 2.19. The van der Waals surface area contributed by atoms with Crippen LogP contribution in [0.5, 0.6) is 0 Å². The molecule has 74 valence electrons. The van der Waals surface area contributed by atoms with E-state index >= 15 is 0 Å². The zero-order valence-electron chi connectivity index (χ0n) is 8.03. The first-order valence-electron chi connectivity index (χ1n) is 4.55. The van der Waals surface area contributed by atoms with Crippen molar-refractivity contribution in [2.75, 3.05) is 5.75 Å². The summed E-state index contributed by atoms with van der Waals surface area (Å²) in [5, 5.41) is 0. The summed E-state index contributed by atoms with van der Waals surface area (Å²) in [7, 11) is -3.08. The molecule has 0 spiro atoms. The van der Waals surface area contributed by atoms with Crippen molar-refractivity contribution < 1.29 is 8.42 Å². The van der Waals surface area contributed by atoms with Gasteiger partial charge in [0.1, 0.15) is 0 Å². The second-order valence-electron chi connectivity index (χ2n) is 3.64. The van der Waals surface area contributed by atoms with Gasteiger partial charge in [-0.15, -0.1) is 0 Å². The van der Waals surface area contributed by atoms with Gasteiger partial charge in [-0.25, -0.2) is 8.42 Å². The molecular formula is C11H12O2S. The van der Waals surface area contributed by atoms with Crippen LogP contribution in [0.1, 0.15) is 12.0 Å². The Labute approximate surface area is 84.2 Å². The Morgan fingerprint density at radius 3 is 2.29 bits per heavy atom. The van der Waals surface area contributed by atoms with Crippen molar-refractivity contribution in [1.29, 1.82) is 0 Å². The molecule has 0 aliphatic heterocycles. The van der Waals surface area contributed by atoms with Crippen molar-refractivity contribution in [3.63, 3.8) is 0 Å². The summed E-state index contributed by atoms with van der Waals surface area (Å²) in [6.45, 7) is 1.94. The van der Waals surface area contributed by atoms with Gasteiger partial charge in [0.05, 0.1) is 10.6 Å². The maximum absolute atomic E-state index is 11.8. The fourth-order valence-electron chi connectivity index (χ4n) is 1.26. The summed E-state index contributed by atoms with van der Waals surface area (Å²) >= 11 is 0. The van der Waals surface area contributed by atoms with E-state index in [9.17, 15) is 8.42 Å². The van der Waals surface area contributed by atoms with Crippen LogP contribution in [0.2, 0.25) is 0 Å². The fraction of sp³-hybridized carbons (Fsp3) is 0.273. The molecule has 0 atom stereocenters. The quantitative estimate of drug-likeness (QED) is 0.713. The Balaban J connectivity index is 2.28. The van der Waals surface area contributed by atoms with E-state index in [0.29, 0.717) is 4.90 Å². The summed E-state index contributed by atoms with van der Waals surface area (Å²) in [5.41, 5.74) is 2.11. The average molecular weight is 208 g/mol. The molecule has 0 fully saturated rings. The third-order valence-electron chi connectivity index (χ3n) is 2.25. The average Bonchev–Trinajstić information content (AvgIpc) is 2.88. The van der Waals surface area contributed by atoms with Gasteiger partial charge in [-0.05, 0) is 25.5 Å². The van der Waals surface area contributed by atoms with Crippen LogP contribution in [-0.2, 0) is 9.84 Å². The van der Waals surface area contributed by atoms with E-state index in [-0.39, 0.29) is 5.75 Å². The van der Waals surface area contributed by atoms with Crippen molar-refractivity contribution in [1.82, 2.24) is 0 Å². The summed E-state index contributed by atoms with van der Waals surface area (Å²) in [4.78, 5) is 0.427. The molecule has 0 unspecified atom stereocenters. The van der Waals surface area contributed by atoms with Gasteiger partial charge in [-0.2, -0.15) is 0 Å². The molecule has 0 aromatic heterocycles. The zero-order valence-corrected chi connectivity index (χ0v) is 8.84. The number of rotatable bonds is 3. The first-order chi connectivity index (χ1) is 6.58. The standard InChI is InChI=1S/C11H12O2S/c1-9-2-6-11(7-3-9)14(12,13)8-10-4-5-10/h2-4,6-7H,5,8H2,1H3. The normalized spacial score (nSPS) is 15.1. The van der Waals surface area contributed by atoms with Crippen LogP contribution in [0, 0.1) is 6.92 Å². The lowest BCUT2D eigenvalue weighted by Crippen LogP contribution is -2.05. The van der Waals surface area contributed by atoms with Crippen LogP contribution in [0.25, 0.3) is 0 Å². The van der Waals surface area contributed by atoms with E-state index in [4.69, 9.17) is 0 Å². The SMILES string of the molecule is Cc1ccc(S(=O)(=O)CC2=CC2)cc1. The molecule has 1 aromatic carbocycles. The third-order valence-corrected chi connectivity index (χ3v) is 3.99. The highest BCUT2D eigenvalue weighted by molar-refractivity contribution is 7.91. The molecule has 0 bridgehead atoms. The summed E-state index contributed by atoms with van der Waals surface area (Å²) < 4.78 is 23.5. The molecule has 2 nitrogen and oxygen atoms in total. The smallest absolute Gasteiger partial charge is 0.182 e. The highest BCUT2D eigenvalue weighted by Gasteiger charge is 2.20. The van der Waals surface area contributed by atoms with Crippen molar-refractivity contribution >= 4 is 9.84 Å². The van der Waals surface area contributed by atoms with E-state index in [1.54, 1.807) is 12.1 Å². The minimum absolute atomic E-state index is 0.191. The highest BCUT2D eigenvalue weighted by atomic mass is 32.2. The first-order valence-corrected chi connectivity index (χ1v) is 6.20. The second kappa shape index (κ2) is 3.24. The number of sulfone groups is 1. The molecule has 0 amide bonds. The molecule has 2 rings (SSSR count). The molecule has 0 radical (unpaired) electrons. The maximum Gasteiger partial charge on any atom is 0.182 e. The number of aryl methyl sites for hydroxylation is 1. The van der Waals surface area contributed by atoms with Gasteiger partial charge in [-0.1, -0.05) is 29.3 Å². The molecule has 0 saturated heterocycles. The fourth-order valence-corrected chi connectivity index (χ4v) is 2.70. The zero-order chi connectivity index (χ0) is 10.2. The van der Waals surface area contributed by atoms with Crippen LogP contribution < -0.4 is 0 Å². The van der Waals surface area contributed by atoms with Crippen molar-refractivity contribution in [2.45, 2.75) is 18.2 Å². The van der Waals surface area contributed by atoms with Gasteiger partial charge in [-0.3, -0.25) is 0 Å². The summed E-state index contributed by atoms with van der Waals surface area (Å²) in [6.07, 6.45) is 2.82. The molecule has 3 heteroatoms. The Hall–Kier alpha value is -1.09. The van der Waals surface area contributed by atoms with Crippen LogP contribution in [0.15, 0.2) is 40.8 Å². The van der Waals surface area contributed by atoms with Crippen LogP contribution in [-0.4, -0.2) is 14.2 Å². The molecule has 1 aromatic rings. The first kappa shape index (κ1) is 9.46. The lowest BCUT2D eigenvalue weighted by Gasteiger charge is -2.01. The van der Waals surface area contributed by atoms with Gasteiger partial charge in [0.25, 0.3) is 0 Å². The predicted octanol–water partition coefficient (Wildman–Crippen LogP) is 2.10. The Morgan fingerprint density at radius 1 is 1.21 bits per heavy atom. The molecule has 0 heterocycles. The number of hydrogen-bond acceptors (Lipinski definition) is 2. The minimum atomic E-state index is -3.08. The highest BCUT2D eigenvalue weighted by Crippen LogP contribution is 2.23. The Morgan fingerprint density at radius 2 is 1.79 bits per heavy atom. The van der Waals surface area contributed by atoms with Gasteiger partial charge in [0.15, 0.2) is 9.84 Å². The number of allylic oxidation sites excluding steroid dienone is 1. The van der Waals surface area contributed by atoms with E-state index in [2.05, 4.69) is 0 Å². The molecular weight excluding hydrogens is 196 g/mol. The molecule has 1 aliphatic carbocycles. The van der Waals surface area contributed by atoms with Crippen molar-refractivity contribution in [3.8, 4) is 0 Å². The molecule has 0 N–H and O–H groups in total. The van der Waals surface area contributed by atoms with Gasteiger partial charge in [0, 0.05) is 0 Å². The maximum atomic E-state index is 11.8. The van der Waals surface area contributed by atoms with Gasteiger partial charge < -0.3 is 0 Å². The monoisotopic (exact) mass is 208 g/mol. The molecule has 14 heavy (non-hydrogen) atoms. The van der Waals surface area contributed by atoms with Crippen LogP contribution >= 0.6 is 0 Å². The van der Waals surface area contributed by atoms with E-state index in [1.807, 2.05) is 25.1 Å². The minimum Gasteiger partial charge on any atom is -0.223 e. The van der Waals surface area contributed by atoms with Gasteiger partial charge in [0.2, 0.25) is 0 Å². The summed E-state index contributed by atoms with van der Waals surface area (Å²) in [6, 6.07) is 7.00.